The summed E-state index contributed by atoms with van der Waals surface area (Å²) in [5.74, 6) is 1.61. The van der Waals surface area contributed by atoms with Crippen LogP contribution < -0.4 is 16.9 Å². The van der Waals surface area contributed by atoms with Crippen molar-refractivity contribution in [2.24, 2.45) is 0 Å². The van der Waals surface area contributed by atoms with E-state index in [1.54, 1.807) is 37.1 Å². The van der Waals surface area contributed by atoms with Gasteiger partial charge in [0.15, 0.2) is 11.6 Å². The number of nitrogens with two attached hydrogens (primary N) is 2. The van der Waals surface area contributed by atoms with Crippen molar-refractivity contribution in [2.75, 3.05) is 11.5 Å². The van der Waals surface area contributed by atoms with Gasteiger partial charge in [0.05, 0.1) is 46.0 Å². The molecule has 6 aromatic heterocycles. The molecule has 14 heteroatoms. The molecule has 8 aromatic rings. The number of aromatic nitrogens is 8. The van der Waals surface area contributed by atoms with E-state index in [9.17, 15) is 0 Å². The summed E-state index contributed by atoms with van der Waals surface area (Å²) < 4.78 is 17.0. The zero-order valence-corrected chi connectivity index (χ0v) is 33.6. The largest absolute Gasteiger partial charge is 0.494 e. The minimum Gasteiger partial charge on any atom is -0.399 e. The molecule has 0 aliphatic carbocycles. The van der Waals surface area contributed by atoms with Gasteiger partial charge in [-0.15, -0.1) is 0 Å². The maximum Gasteiger partial charge on any atom is 0.494 e. The molecule has 0 unspecified atom stereocenters. The van der Waals surface area contributed by atoms with Gasteiger partial charge in [-0.25, -0.2) is 19.3 Å². The Kier molecular flexibility index (Phi) is 10.7. The Balaban J connectivity index is 0.000000144. The van der Waals surface area contributed by atoms with Crippen LogP contribution in [0.1, 0.15) is 38.8 Å². The molecule has 7 heterocycles. The molecule has 4 N–H and O–H groups in total. The average molecular weight is 810 g/mol. The Labute approximate surface area is 334 Å². The van der Waals surface area contributed by atoms with Crippen molar-refractivity contribution in [3.63, 3.8) is 0 Å². The van der Waals surface area contributed by atoms with Crippen molar-refractivity contribution >= 4 is 61.7 Å². The van der Waals surface area contributed by atoms with Crippen molar-refractivity contribution in [1.29, 1.82) is 0 Å². The molecule has 1 aliphatic rings. The lowest BCUT2D eigenvalue weighted by Gasteiger charge is -2.32. The van der Waals surface area contributed by atoms with Crippen LogP contribution in [0.25, 0.3) is 44.6 Å². The molecule has 0 saturated carbocycles. The summed E-state index contributed by atoms with van der Waals surface area (Å²) in [6, 6.07) is 24.1. The van der Waals surface area contributed by atoms with E-state index in [0.29, 0.717) is 11.4 Å². The van der Waals surface area contributed by atoms with Gasteiger partial charge in [-0.1, -0.05) is 24.3 Å². The topological polar surface area (TPSA) is 158 Å². The summed E-state index contributed by atoms with van der Waals surface area (Å²) >= 11 is 3.22. The number of pyridine rings is 4. The third kappa shape index (κ3) is 8.32. The Morgan fingerprint density at radius 1 is 0.589 bits per heavy atom. The number of hydrogen-bond donors (Lipinski definition) is 2. The molecule has 56 heavy (non-hydrogen) atoms. The first-order chi connectivity index (χ1) is 26.8. The second kappa shape index (κ2) is 15.7. The van der Waals surface area contributed by atoms with Gasteiger partial charge in [-0.2, -0.15) is 10.2 Å². The first kappa shape index (κ1) is 38.3. The van der Waals surface area contributed by atoms with Gasteiger partial charge >= 0.3 is 7.12 Å². The van der Waals surface area contributed by atoms with Crippen LogP contribution in [0.2, 0.25) is 0 Å². The number of benzene rings is 2. The lowest BCUT2D eigenvalue weighted by molar-refractivity contribution is 0.00578. The predicted molar refractivity (Wildman–Crippen MR) is 227 cm³/mol. The number of anilines is 2. The molecular weight excluding hydrogens is 767 g/mol. The highest BCUT2D eigenvalue weighted by molar-refractivity contribution is 9.10. The lowest BCUT2D eigenvalue weighted by Crippen LogP contribution is -2.41. The minimum absolute atomic E-state index is 0.356. The second-order valence-corrected chi connectivity index (χ2v) is 15.5. The summed E-state index contributed by atoms with van der Waals surface area (Å²) in [4.78, 5) is 16.8. The van der Waals surface area contributed by atoms with Gasteiger partial charge in [-0.3, -0.25) is 9.97 Å². The van der Waals surface area contributed by atoms with E-state index in [1.165, 1.54) is 0 Å². The van der Waals surface area contributed by atoms with Crippen LogP contribution in [-0.4, -0.2) is 57.8 Å². The number of halogens is 1. The maximum absolute atomic E-state index is 6.17. The number of aryl methyl sites for hydroxylation is 2. The standard InChI is InChI=1S/C19H22BN3O2.C18H15N5.C5H5BrN2/c1-13-8-9-21-17(10-13)23-16-11-15(7-6-14(16)12-22-23)20-24-18(2,3)19(4,5)25-20;1-12-4-5-21-18(6-12)23-17-8-13(2-3-14(17)10-22-23)15-7-16(19)11-20-9-15;6-4-1-5(7)3-8-2-4/h6-12H,1-5H3;2-11H,19H2,1H3;1-3H,7H2. The third-order valence-electron chi connectivity index (χ3n) is 9.75. The smallest absolute Gasteiger partial charge is 0.399 e. The third-order valence-corrected chi connectivity index (χ3v) is 10.2. The van der Waals surface area contributed by atoms with Crippen molar-refractivity contribution < 1.29 is 9.31 Å². The first-order valence-corrected chi connectivity index (χ1v) is 18.8. The summed E-state index contributed by atoms with van der Waals surface area (Å²) in [6.45, 7) is 12.3. The highest BCUT2D eigenvalue weighted by Crippen LogP contribution is 2.36. The fraction of sp³-hybridized carbons (Fsp3) is 0.190. The van der Waals surface area contributed by atoms with Gasteiger partial charge in [0.2, 0.25) is 0 Å². The fourth-order valence-electron chi connectivity index (χ4n) is 6.04. The zero-order valence-electron chi connectivity index (χ0n) is 32.1. The summed E-state index contributed by atoms with van der Waals surface area (Å²) in [5.41, 5.74) is 19.1. The van der Waals surface area contributed by atoms with E-state index in [0.717, 1.165) is 65.6 Å². The average Bonchev–Trinajstić information content (AvgIpc) is 3.84. The number of hydrogen-bond acceptors (Lipinski definition) is 10. The molecule has 282 valence electrons. The summed E-state index contributed by atoms with van der Waals surface area (Å²) in [6.07, 6.45) is 14.0. The molecule has 1 saturated heterocycles. The zero-order chi connectivity index (χ0) is 39.6. The minimum atomic E-state index is -0.386. The van der Waals surface area contributed by atoms with Crippen LogP contribution in [0.15, 0.2) is 127 Å². The predicted octanol–water partition coefficient (Wildman–Crippen LogP) is 7.83. The van der Waals surface area contributed by atoms with Crippen LogP contribution in [0.3, 0.4) is 0 Å². The highest BCUT2D eigenvalue weighted by Gasteiger charge is 2.51. The van der Waals surface area contributed by atoms with Crippen molar-refractivity contribution in [3.8, 4) is 22.8 Å². The van der Waals surface area contributed by atoms with E-state index in [4.69, 9.17) is 20.8 Å². The Bertz CT molecular complexity index is 2630. The van der Waals surface area contributed by atoms with Gasteiger partial charge in [0.1, 0.15) is 0 Å². The lowest BCUT2D eigenvalue weighted by atomic mass is 9.79. The van der Waals surface area contributed by atoms with Crippen LogP contribution in [-0.2, 0) is 9.31 Å². The molecular formula is C42H42BBrN10O2. The molecule has 0 spiro atoms. The molecule has 1 aliphatic heterocycles. The normalized spacial score (nSPS) is 14.2. The molecule has 9 rings (SSSR count). The molecule has 1 fully saturated rings. The van der Waals surface area contributed by atoms with Crippen LogP contribution in [0.4, 0.5) is 11.4 Å². The van der Waals surface area contributed by atoms with Gasteiger partial charge in [0, 0.05) is 58.0 Å². The second-order valence-electron chi connectivity index (χ2n) is 14.6. The van der Waals surface area contributed by atoms with Crippen molar-refractivity contribution in [1.82, 2.24) is 39.5 Å². The van der Waals surface area contributed by atoms with Gasteiger partial charge in [-0.05, 0) is 128 Å². The molecule has 0 atom stereocenters. The van der Waals surface area contributed by atoms with Gasteiger partial charge in [0.25, 0.3) is 0 Å². The first-order valence-electron chi connectivity index (χ1n) is 18.0. The Morgan fingerprint density at radius 2 is 1.12 bits per heavy atom. The number of nitrogen functional groups attached to an aromatic ring is 2. The molecule has 0 bridgehead atoms. The number of fused-ring (bicyclic) bond motifs is 2. The Morgan fingerprint density at radius 3 is 1.64 bits per heavy atom. The van der Waals surface area contributed by atoms with Crippen molar-refractivity contribution in [2.45, 2.75) is 52.7 Å². The molecule has 2 aromatic carbocycles. The van der Waals surface area contributed by atoms with Crippen LogP contribution >= 0.6 is 15.9 Å². The molecule has 0 radical (unpaired) electrons. The highest BCUT2D eigenvalue weighted by atomic mass is 79.9. The van der Waals surface area contributed by atoms with E-state index < -0.39 is 0 Å². The summed E-state index contributed by atoms with van der Waals surface area (Å²) in [5, 5.41) is 11.1. The SMILES string of the molecule is Cc1ccnc(-n2ncc3ccc(-c4cncc(N)c4)cc32)c1.Cc1ccnc(-n2ncc3ccc(B4OC(C)(C)C(C)(C)O4)cc32)c1.Nc1cncc(Br)c1. The molecule has 0 amide bonds. The van der Waals surface area contributed by atoms with Crippen LogP contribution in [0.5, 0.6) is 0 Å². The van der Waals surface area contributed by atoms with E-state index in [-0.39, 0.29) is 18.3 Å². The monoisotopic (exact) mass is 808 g/mol. The Hall–Kier alpha value is -5.96. The van der Waals surface area contributed by atoms with E-state index in [2.05, 4.69) is 98.0 Å². The van der Waals surface area contributed by atoms with Gasteiger partial charge < -0.3 is 20.8 Å². The molecule has 12 nitrogen and oxygen atoms in total. The number of nitrogens with zero attached hydrogens (tertiary/aromatic N) is 8. The summed E-state index contributed by atoms with van der Waals surface area (Å²) in [7, 11) is -0.386. The fourth-order valence-corrected chi connectivity index (χ4v) is 6.42. The van der Waals surface area contributed by atoms with Crippen LogP contribution in [0, 0.1) is 13.8 Å². The van der Waals surface area contributed by atoms with E-state index >= 15 is 0 Å². The maximum atomic E-state index is 6.17. The van der Waals surface area contributed by atoms with E-state index in [1.807, 2.05) is 84.3 Å². The number of rotatable bonds is 4. The van der Waals surface area contributed by atoms with Crippen molar-refractivity contribution in [3.05, 3.63) is 138 Å². The quantitative estimate of drug-likeness (QED) is 0.168.